The van der Waals surface area contributed by atoms with Gasteiger partial charge in [0.2, 0.25) is 0 Å². The van der Waals surface area contributed by atoms with Gasteiger partial charge in [0.25, 0.3) is 5.91 Å². The molecule has 0 aliphatic heterocycles. The minimum Gasteiger partial charge on any atom is -0.491 e. The second-order valence-electron chi connectivity index (χ2n) is 8.61. The smallest absolute Gasteiger partial charge is 0.253 e. The summed E-state index contributed by atoms with van der Waals surface area (Å²) in [7, 11) is 0. The number of thiol groups is 1. The maximum Gasteiger partial charge on any atom is 0.253 e. The molecule has 0 aromatic heterocycles. The topological polar surface area (TPSA) is 74.2 Å². The Balaban J connectivity index is 1.88. The number of nitrogens with one attached hydrogen (secondary N) is 2. The van der Waals surface area contributed by atoms with Crippen LogP contribution in [0.25, 0.3) is 11.1 Å². The van der Waals surface area contributed by atoms with Crippen molar-refractivity contribution in [1.82, 2.24) is 4.72 Å². The molecule has 0 radical (unpaired) electrons. The molecule has 0 spiro atoms. The van der Waals surface area contributed by atoms with E-state index in [4.69, 9.17) is 4.74 Å². The van der Waals surface area contributed by atoms with Crippen LogP contribution >= 0.6 is 12.8 Å². The minimum atomic E-state index is -0.452. The van der Waals surface area contributed by atoms with Crippen LogP contribution in [0.2, 0.25) is 0 Å². The van der Waals surface area contributed by atoms with E-state index < -0.39 is 5.82 Å². The molecule has 0 bridgehead atoms. The van der Waals surface area contributed by atoms with Crippen molar-refractivity contribution in [1.29, 1.82) is 5.26 Å². The van der Waals surface area contributed by atoms with Gasteiger partial charge in [0.1, 0.15) is 11.6 Å². The number of allylic oxidation sites excluding steroid dienone is 1. The van der Waals surface area contributed by atoms with Gasteiger partial charge in [-0.05, 0) is 62.2 Å². The van der Waals surface area contributed by atoms with E-state index in [9.17, 15) is 10.1 Å². The Bertz CT molecular complexity index is 1280. The zero-order chi connectivity index (χ0) is 26.1. The van der Waals surface area contributed by atoms with Crippen LogP contribution in [0.5, 0.6) is 5.75 Å². The SMILES string of the molecule is CCC/C(NS)=C(\Cc1ccc(-c2ccccc2C#N)c(F)c1)C(=O)Nc1ccc(OC(C)C)cc1. The van der Waals surface area contributed by atoms with E-state index in [2.05, 4.69) is 28.9 Å². The van der Waals surface area contributed by atoms with Gasteiger partial charge < -0.3 is 14.8 Å². The highest BCUT2D eigenvalue weighted by Gasteiger charge is 2.18. The predicted octanol–water partition coefficient (Wildman–Crippen LogP) is 6.82. The molecule has 1 amide bonds. The van der Waals surface area contributed by atoms with Crippen LogP contribution in [-0.4, -0.2) is 12.0 Å². The molecule has 3 aromatic rings. The standard InChI is InChI=1S/C29H30FN3O2S/c1-4-7-28(33-36)26(29(34)32-22-11-13-23(14-12-22)35-19(2)3)16-20-10-15-25(27(30)17-20)24-9-6-5-8-21(24)18-31/h5-6,8-15,17,19,33,36H,4,7,16H2,1-3H3,(H,32,34)/b28-26-. The molecule has 0 saturated heterocycles. The molecule has 3 rings (SSSR count). The Kier molecular flexibility index (Phi) is 9.54. The highest BCUT2D eigenvalue weighted by Crippen LogP contribution is 2.28. The number of amides is 1. The van der Waals surface area contributed by atoms with Crippen LogP contribution in [0.1, 0.15) is 44.7 Å². The van der Waals surface area contributed by atoms with Gasteiger partial charge in [-0.2, -0.15) is 5.26 Å². The van der Waals surface area contributed by atoms with Crippen LogP contribution in [0.15, 0.2) is 78.0 Å². The molecule has 0 aliphatic rings. The third-order valence-electron chi connectivity index (χ3n) is 5.51. The van der Waals surface area contributed by atoms with Crippen molar-refractivity contribution in [2.75, 3.05) is 5.32 Å². The quantitative estimate of drug-likeness (QED) is 0.210. The summed E-state index contributed by atoms with van der Waals surface area (Å²) in [6, 6.07) is 21.0. The number of rotatable bonds is 10. The van der Waals surface area contributed by atoms with E-state index in [0.29, 0.717) is 45.6 Å². The Hall–Kier alpha value is -3.76. The molecule has 0 saturated carbocycles. The Morgan fingerprint density at radius 2 is 1.81 bits per heavy atom. The van der Waals surface area contributed by atoms with Gasteiger partial charge in [-0.25, -0.2) is 4.39 Å². The second-order valence-corrected chi connectivity index (χ2v) is 8.84. The second kappa shape index (κ2) is 12.8. The van der Waals surface area contributed by atoms with E-state index in [1.807, 2.05) is 20.8 Å². The molecule has 7 heteroatoms. The molecule has 0 aliphatic carbocycles. The van der Waals surface area contributed by atoms with Gasteiger partial charge in [0.05, 0.1) is 17.7 Å². The monoisotopic (exact) mass is 503 g/mol. The molecule has 5 nitrogen and oxygen atoms in total. The normalized spacial score (nSPS) is 11.5. The lowest BCUT2D eigenvalue weighted by Crippen LogP contribution is -2.21. The first-order valence-corrected chi connectivity index (χ1v) is 12.3. The zero-order valence-corrected chi connectivity index (χ0v) is 21.5. The third-order valence-corrected chi connectivity index (χ3v) is 5.78. The van der Waals surface area contributed by atoms with Crippen LogP contribution in [0, 0.1) is 17.1 Å². The molecule has 3 aromatic carbocycles. The Morgan fingerprint density at radius 1 is 1.08 bits per heavy atom. The van der Waals surface area contributed by atoms with E-state index >= 15 is 4.39 Å². The number of anilines is 1. The maximum atomic E-state index is 15.1. The molecule has 2 N–H and O–H groups in total. The molecule has 0 fully saturated rings. The molecule has 186 valence electrons. The first kappa shape index (κ1) is 26.8. The summed E-state index contributed by atoms with van der Waals surface area (Å²) in [5.74, 6) is -0.0283. The lowest BCUT2D eigenvalue weighted by Gasteiger charge is -2.16. The average Bonchev–Trinajstić information content (AvgIpc) is 2.87. The van der Waals surface area contributed by atoms with E-state index in [-0.39, 0.29) is 18.4 Å². The summed E-state index contributed by atoms with van der Waals surface area (Å²) in [5.41, 5.74) is 3.68. The van der Waals surface area contributed by atoms with Crippen molar-refractivity contribution in [3.8, 4) is 22.9 Å². The number of hydrogen-bond acceptors (Lipinski definition) is 5. The Morgan fingerprint density at radius 3 is 2.42 bits per heavy atom. The Labute approximate surface area is 217 Å². The van der Waals surface area contributed by atoms with Crippen LogP contribution in [0.3, 0.4) is 0 Å². The van der Waals surface area contributed by atoms with Crippen molar-refractivity contribution in [3.05, 3.63) is 94.9 Å². The molecular formula is C29H30FN3O2S. The van der Waals surface area contributed by atoms with E-state index in [1.54, 1.807) is 60.7 Å². The van der Waals surface area contributed by atoms with Crippen LogP contribution in [0.4, 0.5) is 10.1 Å². The average molecular weight is 504 g/mol. The molecule has 0 heterocycles. The predicted molar refractivity (Wildman–Crippen MR) is 145 cm³/mol. The molecule has 36 heavy (non-hydrogen) atoms. The van der Waals surface area contributed by atoms with Crippen molar-refractivity contribution in [2.45, 2.75) is 46.1 Å². The summed E-state index contributed by atoms with van der Waals surface area (Å²) >= 11 is 4.22. The van der Waals surface area contributed by atoms with Crippen molar-refractivity contribution >= 4 is 24.4 Å². The number of benzene rings is 3. The minimum absolute atomic E-state index is 0.0539. The van der Waals surface area contributed by atoms with Crippen molar-refractivity contribution in [3.63, 3.8) is 0 Å². The number of ether oxygens (including phenoxy) is 1. The van der Waals surface area contributed by atoms with Crippen molar-refractivity contribution in [2.24, 2.45) is 0 Å². The van der Waals surface area contributed by atoms with Gasteiger partial charge in [-0.3, -0.25) is 4.79 Å². The number of nitrogens with zero attached hydrogens (tertiary/aromatic N) is 1. The molecule has 0 atom stereocenters. The van der Waals surface area contributed by atoms with E-state index in [0.717, 1.165) is 12.2 Å². The van der Waals surface area contributed by atoms with Gasteiger partial charge in [-0.15, -0.1) is 0 Å². The number of halogens is 1. The third kappa shape index (κ3) is 6.89. The molecular weight excluding hydrogens is 473 g/mol. The van der Waals surface area contributed by atoms with Crippen LogP contribution < -0.4 is 14.8 Å². The van der Waals surface area contributed by atoms with Gasteiger partial charge >= 0.3 is 0 Å². The van der Waals surface area contributed by atoms with Crippen LogP contribution in [-0.2, 0) is 11.2 Å². The fourth-order valence-electron chi connectivity index (χ4n) is 3.85. The zero-order valence-electron chi connectivity index (χ0n) is 20.6. The number of hydrogen-bond donors (Lipinski definition) is 3. The number of carbonyl (C=O) groups excluding carboxylic acids is 1. The fraction of sp³-hybridized carbons (Fsp3) is 0.241. The first-order chi connectivity index (χ1) is 17.4. The van der Waals surface area contributed by atoms with Gasteiger partial charge in [0, 0.05) is 34.5 Å². The number of nitriles is 1. The lowest BCUT2D eigenvalue weighted by atomic mass is 9.95. The summed E-state index contributed by atoms with van der Waals surface area (Å²) in [5, 5.41) is 12.3. The maximum absolute atomic E-state index is 15.1. The largest absolute Gasteiger partial charge is 0.491 e. The first-order valence-electron chi connectivity index (χ1n) is 11.8. The highest BCUT2D eigenvalue weighted by atomic mass is 32.1. The summed E-state index contributed by atoms with van der Waals surface area (Å²) in [6.07, 6.45) is 1.68. The van der Waals surface area contributed by atoms with Crippen molar-refractivity contribution < 1.29 is 13.9 Å². The van der Waals surface area contributed by atoms with Gasteiger partial charge in [-0.1, -0.05) is 56.5 Å². The summed E-state index contributed by atoms with van der Waals surface area (Å²) in [4.78, 5) is 13.3. The fourth-order valence-corrected chi connectivity index (χ4v) is 4.10. The van der Waals surface area contributed by atoms with Gasteiger partial charge in [0.15, 0.2) is 0 Å². The highest BCUT2D eigenvalue weighted by molar-refractivity contribution is 7.78. The summed E-state index contributed by atoms with van der Waals surface area (Å²) < 4.78 is 23.7. The number of carbonyl (C=O) groups is 1. The molecule has 0 unspecified atom stereocenters. The lowest BCUT2D eigenvalue weighted by molar-refractivity contribution is -0.113. The summed E-state index contributed by atoms with van der Waals surface area (Å²) in [6.45, 7) is 5.91. The van der Waals surface area contributed by atoms with E-state index in [1.165, 1.54) is 6.07 Å².